The molecule has 132 valence electrons. The van der Waals surface area contributed by atoms with Crippen LogP contribution in [0.1, 0.15) is 52.4 Å². The van der Waals surface area contributed by atoms with Crippen molar-refractivity contribution in [2.75, 3.05) is 20.1 Å². The first-order valence-electron chi connectivity index (χ1n) is 8.78. The van der Waals surface area contributed by atoms with Crippen molar-refractivity contribution in [3.63, 3.8) is 0 Å². The Balaban J connectivity index is 2.92. The molecule has 1 saturated carbocycles. The second kappa shape index (κ2) is 10.4. The number of nitrogens with zero attached hydrogens (tertiary/aromatic N) is 1. The summed E-state index contributed by atoms with van der Waals surface area (Å²) in [6, 6.07) is -0.940. The van der Waals surface area contributed by atoms with Gasteiger partial charge < -0.3 is 20.3 Å². The van der Waals surface area contributed by atoms with Gasteiger partial charge in [-0.2, -0.15) is 0 Å². The highest BCUT2D eigenvalue weighted by Crippen LogP contribution is 2.27. The fourth-order valence-electron chi connectivity index (χ4n) is 3.36. The number of nitrogens with one attached hydrogen (secondary N) is 2. The minimum absolute atomic E-state index is 0.122. The van der Waals surface area contributed by atoms with Crippen molar-refractivity contribution in [3.8, 4) is 0 Å². The average molecular weight is 325 g/mol. The lowest BCUT2D eigenvalue weighted by Gasteiger charge is -2.35. The van der Waals surface area contributed by atoms with E-state index in [-0.39, 0.29) is 24.3 Å². The molecule has 0 aromatic carbocycles. The van der Waals surface area contributed by atoms with Gasteiger partial charge in [0.1, 0.15) is 12.3 Å². The summed E-state index contributed by atoms with van der Waals surface area (Å²) in [5, 5.41) is 5.71. The molecule has 23 heavy (non-hydrogen) atoms. The van der Waals surface area contributed by atoms with Gasteiger partial charge in [-0.1, -0.05) is 26.2 Å². The molecule has 2 N–H and O–H groups in total. The normalized spacial score (nSPS) is 18.0. The van der Waals surface area contributed by atoms with Crippen molar-refractivity contribution in [1.82, 2.24) is 15.5 Å². The van der Waals surface area contributed by atoms with E-state index in [0.29, 0.717) is 13.0 Å². The van der Waals surface area contributed by atoms with Crippen molar-refractivity contribution in [2.45, 2.75) is 64.5 Å². The van der Waals surface area contributed by atoms with Crippen LogP contribution in [0, 0.1) is 5.92 Å². The van der Waals surface area contributed by atoms with Gasteiger partial charge in [0.2, 0.25) is 11.8 Å². The Kier molecular flexibility index (Phi) is 8.84. The molecule has 2 amide bonds. The molecule has 0 aliphatic heterocycles. The Morgan fingerprint density at radius 2 is 1.87 bits per heavy atom. The van der Waals surface area contributed by atoms with Crippen molar-refractivity contribution < 1.29 is 14.4 Å². The molecule has 2 unspecified atom stereocenters. The summed E-state index contributed by atoms with van der Waals surface area (Å²) in [5.41, 5.74) is 0. The van der Waals surface area contributed by atoms with Crippen molar-refractivity contribution in [2.24, 2.45) is 5.92 Å². The number of hydrogen-bond acceptors (Lipinski definition) is 4. The Morgan fingerprint density at radius 3 is 2.35 bits per heavy atom. The molecular formula is C17H31N3O3. The Hall–Kier alpha value is -1.43. The van der Waals surface area contributed by atoms with Crippen molar-refractivity contribution in [3.05, 3.63) is 0 Å². The van der Waals surface area contributed by atoms with E-state index in [9.17, 15) is 14.4 Å². The molecule has 0 aromatic heterocycles. The first kappa shape index (κ1) is 19.6. The minimum Gasteiger partial charge on any atom is -0.343 e. The van der Waals surface area contributed by atoms with Crippen LogP contribution in [0.2, 0.25) is 0 Å². The van der Waals surface area contributed by atoms with E-state index in [4.69, 9.17) is 0 Å². The first-order chi connectivity index (χ1) is 11.1. The number of carbonyl (C=O) groups is 3. The highest BCUT2D eigenvalue weighted by molar-refractivity contribution is 5.90. The maximum Gasteiger partial charge on any atom is 0.246 e. The molecule has 0 bridgehead atoms. The SMILES string of the molecule is CCC(C=O)N(CC)C(=O)C(NC(=O)CNC)C1CCCCC1. The number of rotatable bonds is 9. The van der Waals surface area contributed by atoms with Crippen LogP contribution >= 0.6 is 0 Å². The summed E-state index contributed by atoms with van der Waals surface area (Å²) in [5.74, 6) is -0.135. The number of amides is 2. The third-order valence-corrected chi connectivity index (χ3v) is 4.64. The second-order valence-electron chi connectivity index (χ2n) is 6.21. The summed E-state index contributed by atoms with van der Waals surface area (Å²) in [4.78, 5) is 37.9. The standard InChI is InChI=1S/C17H31N3O3/c1-4-14(12-21)20(5-2)17(23)16(19-15(22)11-18-3)13-9-7-6-8-10-13/h12-14,16,18H,4-11H2,1-3H3,(H,19,22). The third-order valence-electron chi connectivity index (χ3n) is 4.64. The van der Waals surface area contributed by atoms with Gasteiger partial charge in [-0.15, -0.1) is 0 Å². The fourth-order valence-corrected chi connectivity index (χ4v) is 3.36. The molecule has 1 aliphatic rings. The largest absolute Gasteiger partial charge is 0.343 e. The van der Waals surface area contributed by atoms with Crippen molar-refractivity contribution in [1.29, 1.82) is 0 Å². The summed E-state index contributed by atoms with van der Waals surface area (Å²) < 4.78 is 0. The van der Waals surface area contributed by atoms with Crippen LogP contribution in [0.15, 0.2) is 0 Å². The molecule has 0 spiro atoms. The Morgan fingerprint density at radius 1 is 1.22 bits per heavy atom. The second-order valence-corrected chi connectivity index (χ2v) is 6.21. The first-order valence-corrected chi connectivity index (χ1v) is 8.78. The Labute approximate surface area is 139 Å². The van der Waals surface area contributed by atoms with Crippen LogP contribution in [0.5, 0.6) is 0 Å². The number of hydrogen-bond donors (Lipinski definition) is 2. The van der Waals surface area contributed by atoms with Crippen LogP contribution < -0.4 is 10.6 Å². The smallest absolute Gasteiger partial charge is 0.246 e. The van der Waals surface area contributed by atoms with Crippen LogP contribution in [0.4, 0.5) is 0 Å². The zero-order valence-electron chi connectivity index (χ0n) is 14.6. The van der Waals surface area contributed by atoms with E-state index in [2.05, 4.69) is 10.6 Å². The van der Waals surface area contributed by atoms with Gasteiger partial charge in [-0.25, -0.2) is 0 Å². The van der Waals surface area contributed by atoms with Crippen LogP contribution in [0.25, 0.3) is 0 Å². The predicted molar refractivity (Wildman–Crippen MR) is 90.0 cm³/mol. The van der Waals surface area contributed by atoms with Gasteiger partial charge in [-0.05, 0) is 39.2 Å². The molecule has 1 aliphatic carbocycles. The lowest BCUT2D eigenvalue weighted by atomic mass is 9.83. The molecule has 6 heteroatoms. The van der Waals surface area contributed by atoms with E-state index in [1.165, 1.54) is 6.42 Å². The molecule has 2 atom stereocenters. The molecule has 0 radical (unpaired) electrons. The topological polar surface area (TPSA) is 78.5 Å². The average Bonchev–Trinajstić information content (AvgIpc) is 2.58. The van der Waals surface area contributed by atoms with E-state index >= 15 is 0 Å². The third kappa shape index (κ3) is 5.61. The molecular weight excluding hydrogens is 294 g/mol. The number of likely N-dealkylation sites (N-methyl/N-ethyl adjacent to an activating group) is 2. The molecule has 6 nitrogen and oxygen atoms in total. The maximum atomic E-state index is 13.0. The predicted octanol–water partition coefficient (Wildman–Crippen LogP) is 1.10. The lowest BCUT2D eigenvalue weighted by Crippen LogP contribution is -2.56. The number of aldehydes is 1. The number of carbonyl (C=O) groups excluding carboxylic acids is 3. The van der Waals surface area contributed by atoms with Gasteiger partial charge in [0.15, 0.2) is 0 Å². The molecule has 1 fully saturated rings. The van der Waals surface area contributed by atoms with Gasteiger partial charge >= 0.3 is 0 Å². The Bertz CT molecular complexity index is 395. The fraction of sp³-hybridized carbons (Fsp3) is 0.824. The zero-order chi connectivity index (χ0) is 17.2. The van der Waals surface area contributed by atoms with E-state index in [0.717, 1.165) is 32.0 Å². The molecule has 1 rings (SSSR count). The van der Waals surface area contributed by atoms with Crippen LogP contribution in [0.3, 0.4) is 0 Å². The zero-order valence-corrected chi connectivity index (χ0v) is 14.6. The highest BCUT2D eigenvalue weighted by Gasteiger charge is 2.35. The summed E-state index contributed by atoms with van der Waals surface area (Å²) in [7, 11) is 1.70. The van der Waals surface area contributed by atoms with Crippen LogP contribution in [-0.2, 0) is 14.4 Å². The van der Waals surface area contributed by atoms with Gasteiger partial charge in [0, 0.05) is 6.54 Å². The molecule has 0 saturated heterocycles. The summed E-state index contributed by atoms with van der Waals surface area (Å²) in [6.45, 7) is 4.43. The van der Waals surface area contributed by atoms with Gasteiger partial charge in [0.05, 0.1) is 12.6 Å². The maximum absolute atomic E-state index is 13.0. The highest BCUT2D eigenvalue weighted by atomic mass is 16.2. The summed E-state index contributed by atoms with van der Waals surface area (Å²) >= 11 is 0. The minimum atomic E-state index is -0.523. The van der Waals surface area contributed by atoms with E-state index < -0.39 is 12.1 Å². The van der Waals surface area contributed by atoms with Crippen molar-refractivity contribution >= 4 is 18.1 Å². The molecule has 0 heterocycles. The summed E-state index contributed by atoms with van der Waals surface area (Å²) in [6.07, 6.45) is 6.68. The van der Waals surface area contributed by atoms with Crippen LogP contribution in [-0.4, -0.2) is 55.2 Å². The van der Waals surface area contributed by atoms with E-state index in [1.54, 1.807) is 11.9 Å². The van der Waals surface area contributed by atoms with Gasteiger partial charge in [-0.3, -0.25) is 9.59 Å². The van der Waals surface area contributed by atoms with E-state index in [1.807, 2.05) is 13.8 Å². The molecule has 0 aromatic rings. The monoisotopic (exact) mass is 325 g/mol. The van der Waals surface area contributed by atoms with Gasteiger partial charge in [0.25, 0.3) is 0 Å². The quantitative estimate of drug-likeness (QED) is 0.622. The lowest BCUT2D eigenvalue weighted by molar-refractivity contribution is -0.141.